The van der Waals surface area contributed by atoms with Crippen molar-refractivity contribution in [1.82, 2.24) is 4.90 Å². The van der Waals surface area contributed by atoms with Crippen LogP contribution in [0.3, 0.4) is 0 Å². The number of rotatable bonds is 2. The molecule has 1 amide bonds. The van der Waals surface area contributed by atoms with Crippen LogP contribution >= 0.6 is 0 Å². The molecule has 1 aromatic rings. The van der Waals surface area contributed by atoms with E-state index in [1.54, 1.807) is 0 Å². The summed E-state index contributed by atoms with van der Waals surface area (Å²) in [6.45, 7) is 2.97. The number of carbonyl (C=O) groups excluding carboxylic acids is 1. The number of halogens is 4. The Labute approximate surface area is 132 Å². The highest BCUT2D eigenvalue weighted by Gasteiger charge is 2.51. The Morgan fingerprint density at radius 2 is 2.00 bits per heavy atom. The van der Waals surface area contributed by atoms with Crippen molar-refractivity contribution in [3.05, 3.63) is 29.6 Å². The normalized spacial score (nSPS) is 21.2. The number of alkyl halides is 3. The number of ether oxygens (including phenoxy) is 1. The Morgan fingerprint density at radius 3 is 2.48 bits per heavy atom. The van der Waals surface area contributed by atoms with Gasteiger partial charge in [-0.2, -0.15) is 13.2 Å². The van der Waals surface area contributed by atoms with Gasteiger partial charge in [0.2, 0.25) is 0 Å². The number of amides is 1. The molecule has 1 aliphatic heterocycles. The summed E-state index contributed by atoms with van der Waals surface area (Å²) in [4.78, 5) is 13.8. The third-order valence-corrected chi connectivity index (χ3v) is 4.31. The fourth-order valence-electron chi connectivity index (χ4n) is 3.12. The highest BCUT2D eigenvalue weighted by molar-refractivity contribution is 5.94. The fraction of sp³-hybridized carbons (Fsp3) is 0.562. The van der Waals surface area contributed by atoms with Gasteiger partial charge in [0.15, 0.2) is 11.6 Å². The number of likely N-dealkylation sites (tertiary alicyclic amines) is 1. The van der Waals surface area contributed by atoms with Crippen LogP contribution in [0.4, 0.5) is 17.6 Å². The Balaban J connectivity index is 2.18. The molecule has 1 atom stereocenters. The van der Waals surface area contributed by atoms with Gasteiger partial charge < -0.3 is 9.64 Å². The Hall–Kier alpha value is -1.79. The molecule has 1 aliphatic rings. The average Bonchev–Trinajstić information content (AvgIpc) is 2.43. The van der Waals surface area contributed by atoms with Gasteiger partial charge in [-0.25, -0.2) is 4.39 Å². The minimum absolute atomic E-state index is 0.0000876. The van der Waals surface area contributed by atoms with Gasteiger partial charge in [0.05, 0.1) is 13.0 Å². The monoisotopic (exact) mass is 333 g/mol. The molecule has 128 valence electrons. The van der Waals surface area contributed by atoms with Gasteiger partial charge in [-0.3, -0.25) is 4.79 Å². The zero-order chi connectivity index (χ0) is 17.4. The van der Waals surface area contributed by atoms with Crippen molar-refractivity contribution < 1.29 is 27.1 Å². The first-order valence-corrected chi connectivity index (χ1v) is 7.26. The van der Waals surface area contributed by atoms with Gasteiger partial charge >= 0.3 is 6.18 Å². The van der Waals surface area contributed by atoms with Crippen LogP contribution in [-0.2, 0) is 0 Å². The lowest BCUT2D eigenvalue weighted by Gasteiger charge is -2.44. The van der Waals surface area contributed by atoms with Crippen LogP contribution in [-0.4, -0.2) is 37.2 Å². The largest absolute Gasteiger partial charge is 0.494 e. The lowest BCUT2D eigenvalue weighted by Crippen LogP contribution is -2.52. The zero-order valence-electron chi connectivity index (χ0n) is 13.2. The summed E-state index contributed by atoms with van der Waals surface area (Å²) < 4.78 is 57.7. The summed E-state index contributed by atoms with van der Waals surface area (Å²) >= 11 is 0. The summed E-state index contributed by atoms with van der Waals surface area (Å²) in [6.07, 6.45) is -4.44. The first kappa shape index (κ1) is 17.6. The van der Waals surface area contributed by atoms with Crippen LogP contribution in [0.15, 0.2) is 18.2 Å². The first-order chi connectivity index (χ1) is 10.6. The van der Waals surface area contributed by atoms with Crippen LogP contribution in [0.2, 0.25) is 0 Å². The molecule has 0 radical (unpaired) electrons. The van der Waals surface area contributed by atoms with Crippen LogP contribution in [0.5, 0.6) is 5.75 Å². The summed E-state index contributed by atoms with van der Waals surface area (Å²) in [5.41, 5.74) is -0.985. The molecule has 2 rings (SSSR count). The maximum absolute atomic E-state index is 13.7. The topological polar surface area (TPSA) is 29.5 Å². The second-order valence-corrected chi connectivity index (χ2v) is 6.45. The van der Waals surface area contributed by atoms with Crippen molar-refractivity contribution in [3.8, 4) is 5.75 Å². The van der Waals surface area contributed by atoms with Gasteiger partial charge in [0.25, 0.3) is 5.91 Å². The Morgan fingerprint density at radius 1 is 1.35 bits per heavy atom. The molecule has 1 heterocycles. The second kappa shape index (κ2) is 6.02. The van der Waals surface area contributed by atoms with E-state index in [2.05, 4.69) is 0 Å². The van der Waals surface area contributed by atoms with Crippen LogP contribution in [0, 0.1) is 17.2 Å². The van der Waals surface area contributed by atoms with Crippen LogP contribution in [0.1, 0.15) is 30.6 Å². The van der Waals surface area contributed by atoms with Crippen LogP contribution < -0.4 is 4.74 Å². The van der Waals surface area contributed by atoms with E-state index in [0.29, 0.717) is 0 Å². The predicted octanol–water partition coefficient (Wildman–Crippen LogP) is 3.88. The molecule has 7 heteroatoms. The number of piperidine rings is 1. The van der Waals surface area contributed by atoms with Gasteiger partial charge in [-0.15, -0.1) is 0 Å². The van der Waals surface area contributed by atoms with Crippen molar-refractivity contribution in [2.75, 3.05) is 20.2 Å². The number of hydrogen-bond acceptors (Lipinski definition) is 2. The Bertz CT molecular complexity index is 598. The predicted molar refractivity (Wildman–Crippen MR) is 76.8 cm³/mol. The molecule has 1 saturated heterocycles. The first-order valence-electron chi connectivity index (χ1n) is 7.26. The molecule has 0 spiro atoms. The maximum atomic E-state index is 13.7. The summed E-state index contributed by atoms with van der Waals surface area (Å²) in [6, 6.07) is 3.79. The van der Waals surface area contributed by atoms with Gasteiger partial charge in [-0.1, -0.05) is 13.8 Å². The molecule has 1 unspecified atom stereocenters. The molecule has 3 nitrogen and oxygen atoms in total. The van der Waals surface area contributed by atoms with E-state index >= 15 is 0 Å². The molecular formula is C16H19F4NO2. The highest BCUT2D eigenvalue weighted by atomic mass is 19.4. The van der Waals surface area contributed by atoms with Crippen molar-refractivity contribution in [2.45, 2.75) is 26.4 Å². The minimum atomic E-state index is -4.29. The van der Waals surface area contributed by atoms with Crippen molar-refractivity contribution in [3.63, 3.8) is 0 Å². The molecule has 1 fully saturated rings. The number of benzene rings is 1. The van der Waals surface area contributed by atoms with E-state index < -0.39 is 29.2 Å². The lowest BCUT2D eigenvalue weighted by molar-refractivity contribution is -0.214. The molecule has 0 aliphatic carbocycles. The van der Waals surface area contributed by atoms with E-state index in [1.165, 1.54) is 38.0 Å². The quantitative estimate of drug-likeness (QED) is 0.769. The summed E-state index contributed by atoms with van der Waals surface area (Å²) in [5.74, 6) is -2.59. The molecule has 0 bridgehead atoms. The van der Waals surface area contributed by atoms with Gasteiger partial charge in [0, 0.05) is 18.7 Å². The van der Waals surface area contributed by atoms with E-state index in [-0.39, 0.29) is 30.8 Å². The number of hydrogen-bond donors (Lipinski definition) is 0. The number of carbonyl (C=O) groups is 1. The third-order valence-electron chi connectivity index (χ3n) is 4.31. The van der Waals surface area contributed by atoms with E-state index in [0.717, 1.165) is 6.07 Å². The van der Waals surface area contributed by atoms with Gasteiger partial charge in [-0.05, 0) is 30.0 Å². The second-order valence-electron chi connectivity index (χ2n) is 6.45. The van der Waals surface area contributed by atoms with E-state index in [1.807, 2.05) is 0 Å². The number of methoxy groups -OCH3 is 1. The summed E-state index contributed by atoms with van der Waals surface area (Å²) in [7, 11) is 1.31. The molecule has 0 N–H and O–H groups in total. The van der Waals surface area contributed by atoms with Crippen molar-refractivity contribution in [1.29, 1.82) is 0 Å². The van der Waals surface area contributed by atoms with Crippen molar-refractivity contribution >= 4 is 5.91 Å². The zero-order valence-corrected chi connectivity index (χ0v) is 13.2. The van der Waals surface area contributed by atoms with Crippen molar-refractivity contribution in [2.24, 2.45) is 11.3 Å². The van der Waals surface area contributed by atoms with Crippen LogP contribution in [0.25, 0.3) is 0 Å². The molecule has 1 aromatic carbocycles. The van der Waals surface area contributed by atoms with E-state index in [4.69, 9.17) is 4.74 Å². The minimum Gasteiger partial charge on any atom is -0.494 e. The molecular weight excluding hydrogens is 314 g/mol. The number of nitrogens with zero attached hydrogens (tertiary/aromatic N) is 1. The Kier molecular flexibility index (Phi) is 4.59. The molecule has 0 saturated carbocycles. The molecule has 0 aromatic heterocycles. The lowest BCUT2D eigenvalue weighted by atomic mass is 9.73. The smallest absolute Gasteiger partial charge is 0.392 e. The molecule has 23 heavy (non-hydrogen) atoms. The third kappa shape index (κ3) is 3.59. The standard InChI is InChI=1S/C16H19F4NO2/c1-15(2)9-21(7-6-13(15)16(18,19)20)14(22)10-4-5-12(23-3)11(17)8-10/h4-5,8,13H,6-7,9H2,1-3H3. The van der Waals surface area contributed by atoms with Gasteiger partial charge in [0.1, 0.15) is 0 Å². The van der Waals surface area contributed by atoms with E-state index in [9.17, 15) is 22.4 Å². The fourth-order valence-corrected chi connectivity index (χ4v) is 3.12. The highest BCUT2D eigenvalue weighted by Crippen LogP contribution is 2.45. The SMILES string of the molecule is COc1ccc(C(=O)N2CCC(C(F)(F)F)C(C)(C)C2)cc1F. The maximum Gasteiger partial charge on any atom is 0.392 e. The average molecular weight is 333 g/mol. The summed E-state index contributed by atoms with van der Waals surface area (Å²) in [5, 5.41) is 0.